The van der Waals surface area contributed by atoms with Crippen LogP contribution in [0.1, 0.15) is 33.6 Å². The molecule has 4 aromatic carbocycles. The van der Waals surface area contributed by atoms with Crippen LogP contribution >= 0.6 is 92.8 Å². The van der Waals surface area contributed by atoms with Crippen molar-refractivity contribution in [3.8, 4) is 0 Å². The Morgan fingerprint density at radius 3 is 1.03 bits per heavy atom. The molecule has 7 aromatic rings. The maximum Gasteiger partial charge on any atom is 0.0737 e. The number of aromatic nitrogens is 3. The highest BCUT2D eigenvalue weighted by Crippen LogP contribution is 2.39. The fourth-order valence-electron chi connectivity index (χ4n) is 7.39. The molecule has 0 amide bonds. The van der Waals surface area contributed by atoms with Gasteiger partial charge in [0.2, 0.25) is 0 Å². The molecular weight excluding hydrogens is 930 g/mol. The Balaban J connectivity index is 1.30. The third-order valence-corrected chi connectivity index (χ3v) is 12.3. The summed E-state index contributed by atoms with van der Waals surface area (Å²) < 4.78 is 0. The average molecular weight is 957 g/mol. The van der Waals surface area contributed by atoms with Gasteiger partial charge in [0.1, 0.15) is 0 Å². The van der Waals surface area contributed by atoms with Gasteiger partial charge in [-0.05, 0) is 109 Å². The molecule has 0 aliphatic carbocycles. The number of benzene rings is 4. The third-order valence-electron chi connectivity index (χ3n) is 10.1. The zero-order valence-corrected chi connectivity index (χ0v) is 37.3. The van der Waals surface area contributed by atoms with Gasteiger partial charge < -0.3 is 15.0 Å². The van der Waals surface area contributed by atoms with Crippen LogP contribution in [-0.4, -0.2) is 26.4 Å². The monoisotopic (exact) mass is 953 g/mol. The lowest BCUT2D eigenvalue weighted by molar-refractivity contribution is 1.25. The molecule has 0 unspecified atom stereocenters. The van der Waals surface area contributed by atoms with Gasteiger partial charge >= 0.3 is 0 Å². The molecule has 3 N–H and O–H groups in total. The van der Waals surface area contributed by atoms with E-state index in [0.717, 1.165) is 55.5 Å². The average Bonchev–Trinajstić information content (AvgIpc) is 4.09. The normalized spacial score (nSPS) is 16.2. The van der Waals surface area contributed by atoms with Crippen LogP contribution in [0.3, 0.4) is 0 Å². The van der Waals surface area contributed by atoms with Crippen LogP contribution in [0.5, 0.6) is 0 Å². The number of allylic oxidation sites excluding steroid dienone is 4. The number of hydrogen-bond donors (Lipinski definition) is 3. The highest BCUT2D eigenvalue weighted by molar-refractivity contribution is 6.41. The van der Waals surface area contributed by atoms with Crippen molar-refractivity contribution < 1.29 is 0 Å². The zero-order chi connectivity index (χ0) is 42.4. The number of hydrogen-bond acceptors (Lipinski definition) is 2. The molecule has 0 atom stereocenters. The summed E-state index contributed by atoms with van der Waals surface area (Å²) in [6.45, 7) is 0. The summed E-state index contributed by atoms with van der Waals surface area (Å²) in [5.41, 5.74) is 10.3. The quantitative estimate of drug-likeness (QED) is 0.136. The first-order chi connectivity index (χ1) is 29.5. The lowest BCUT2D eigenvalue weighted by Crippen LogP contribution is -2.21. The van der Waals surface area contributed by atoms with Gasteiger partial charge in [-0.3, -0.25) is 0 Å². The first kappa shape index (κ1) is 41.4. The topological polar surface area (TPSA) is 72.1 Å². The van der Waals surface area contributed by atoms with Gasteiger partial charge in [0.25, 0.3) is 0 Å². The predicted octanol–water partition coefficient (Wildman–Crippen LogP) is 14.2. The zero-order valence-electron chi connectivity index (χ0n) is 31.3. The van der Waals surface area contributed by atoms with Gasteiger partial charge in [-0.2, -0.15) is 0 Å². The standard InChI is InChI=1S/C48H27Cl8N5/c49-25-5-9-29(33(53)21-25)45(37-3-1-19-57-37)39-13-15-41(59-39)47(31-11-7-27(51)23-35(31)55)43-17-18-44(61-43)48(32-12-8-28(52)24-36(32)56)42-16-14-40(60-42)46(38-4-2-20-58-38)30-10-6-26(50)22-34(30)54/h1-24,57-58,61H/b45-39+,46-40+,47-43-,48-44-. The Bertz CT molecular complexity index is 3000. The summed E-state index contributed by atoms with van der Waals surface area (Å²) in [7, 11) is 0. The minimum absolute atomic E-state index is 0.443. The van der Waals surface area contributed by atoms with E-state index in [9.17, 15) is 0 Å². The van der Waals surface area contributed by atoms with Crippen LogP contribution in [0.2, 0.25) is 40.2 Å². The molecule has 0 radical (unpaired) electrons. The predicted molar refractivity (Wildman–Crippen MR) is 258 cm³/mol. The van der Waals surface area contributed by atoms with E-state index in [1.807, 2.05) is 97.4 Å². The molecule has 61 heavy (non-hydrogen) atoms. The molecule has 5 nitrogen and oxygen atoms in total. The molecule has 5 heterocycles. The Hall–Kier alpha value is -4.92. The van der Waals surface area contributed by atoms with E-state index in [4.69, 9.17) is 103 Å². The maximum absolute atomic E-state index is 6.99. The highest BCUT2D eigenvalue weighted by Gasteiger charge is 2.24. The van der Waals surface area contributed by atoms with Crippen LogP contribution in [0.4, 0.5) is 0 Å². The van der Waals surface area contributed by atoms with Gasteiger partial charge in [0, 0.05) is 99.1 Å². The minimum atomic E-state index is 0.443. The second-order valence-corrected chi connectivity index (χ2v) is 17.3. The number of aliphatic imine (C=N–C) groups is 2. The second kappa shape index (κ2) is 17.5. The maximum atomic E-state index is 6.99. The van der Waals surface area contributed by atoms with Crippen molar-refractivity contribution >= 4 is 127 Å². The molecular formula is C48H27Cl8N5. The summed E-state index contributed by atoms with van der Waals surface area (Å²) in [6.07, 6.45) is 11.5. The SMILES string of the molecule is Clc1ccc(/C(C2=N/C(=C(/c3ccc[nH]3)c3ccc(Cl)cc3Cl)C=C2)=c2\cc/c(=C(C3=N/C(=C(/c4ccc[nH]4)c4ccc(Cl)cc4Cl)C=C3)\c3ccc(Cl)cc3Cl)[nH]2)c(Cl)c1. The van der Waals surface area contributed by atoms with Crippen molar-refractivity contribution in [3.63, 3.8) is 0 Å². The molecule has 0 saturated carbocycles. The molecule has 2 aliphatic rings. The van der Waals surface area contributed by atoms with Gasteiger partial charge in [0.15, 0.2) is 0 Å². The van der Waals surface area contributed by atoms with E-state index in [-0.39, 0.29) is 0 Å². The molecule has 9 rings (SSSR count). The van der Waals surface area contributed by atoms with Crippen molar-refractivity contribution in [1.29, 1.82) is 0 Å². The fourth-order valence-corrected chi connectivity index (χ4v) is 9.40. The Morgan fingerprint density at radius 1 is 0.377 bits per heavy atom. The summed E-state index contributed by atoms with van der Waals surface area (Å²) in [4.78, 5) is 20.8. The minimum Gasteiger partial charge on any atom is -0.361 e. The molecule has 3 aromatic heterocycles. The molecule has 0 bridgehead atoms. The van der Waals surface area contributed by atoms with Gasteiger partial charge in [-0.1, -0.05) is 117 Å². The number of nitrogens with zero attached hydrogens (tertiary/aromatic N) is 2. The van der Waals surface area contributed by atoms with Gasteiger partial charge in [-0.15, -0.1) is 0 Å². The van der Waals surface area contributed by atoms with E-state index in [1.165, 1.54) is 0 Å². The third kappa shape index (κ3) is 8.38. The summed E-state index contributed by atoms with van der Waals surface area (Å²) in [5.74, 6) is 0. The Morgan fingerprint density at radius 2 is 0.721 bits per heavy atom. The van der Waals surface area contributed by atoms with E-state index in [1.54, 1.807) is 48.5 Å². The van der Waals surface area contributed by atoms with Crippen LogP contribution < -0.4 is 10.7 Å². The summed E-state index contributed by atoms with van der Waals surface area (Å²) in [6, 6.07) is 33.3. The van der Waals surface area contributed by atoms with Gasteiger partial charge in [0.05, 0.1) is 42.9 Å². The van der Waals surface area contributed by atoms with Crippen molar-refractivity contribution in [3.05, 3.63) is 242 Å². The first-order valence-electron chi connectivity index (χ1n) is 18.6. The highest BCUT2D eigenvalue weighted by atomic mass is 35.5. The largest absolute Gasteiger partial charge is 0.361 e. The molecule has 13 heteroatoms. The lowest BCUT2D eigenvalue weighted by Gasteiger charge is -2.12. The molecule has 300 valence electrons. The van der Waals surface area contributed by atoms with Crippen LogP contribution in [-0.2, 0) is 0 Å². The van der Waals surface area contributed by atoms with Crippen LogP contribution in [0.25, 0.3) is 22.3 Å². The second-order valence-electron chi connectivity index (χ2n) is 13.9. The van der Waals surface area contributed by atoms with E-state index >= 15 is 0 Å². The van der Waals surface area contributed by atoms with E-state index in [2.05, 4.69) is 15.0 Å². The van der Waals surface area contributed by atoms with Crippen LogP contribution in [0, 0.1) is 0 Å². The van der Waals surface area contributed by atoms with Crippen molar-refractivity contribution in [2.24, 2.45) is 9.98 Å². The number of rotatable bonds is 8. The molecule has 0 saturated heterocycles. The Labute approximate surface area is 390 Å². The van der Waals surface area contributed by atoms with E-state index in [0.29, 0.717) is 74.1 Å². The van der Waals surface area contributed by atoms with Crippen molar-refractivity contribution in [2.45, 2.75) is 0 Å². The number of nitrogens with one attached hydrogen (secondary N) is 3. The molecule has 0 fully saturated rings. The number of halogens is 8. The number of aromatic amines is 3. The van der Waals surface area contributed by atoms with E-state index < -0.39 is 0 Å². The lowest BCUT2D eigenvalue weighted by atomic mass is 10.0. The summed E-state index contributed by atoms with van der Waals surface area (Å²) >= 11 is 53.1. The van der Waals surface area contributed by atoms with Crippen LogP contribution in [0.15, 0.2) is 167 Å². The molecule has 0 spiro atoms. The number of H-pyrrole nitrogens is 3. The fraction of sp³-hybridized carbons (Fsp3) is 0. The van der Waals surface area contributed by atoms with Crippen molar-refractivity contribution in [1.82, 2.24) is 15.0 Å². The van der Waals surface area contributed by atoms with Gasteiger partial charge in [-0.25, -0.2) is 9.98 Å². The smallest absolute Gasteiger partial charge is 0.0737 e. The summed E-state index contributed by atoms with van der Waals surface area (Å²) in [5, 5.41) is 5.35. The first-order valence-corrected chi connectivity index (χ1v) is 21.6. The Kier molecular flexibility index (Phi) is 11.9. The molecule has 2 aliphatic heterocycles. The van der Waals surface area contributed by atoms with Crippen molar-refractivity contribution in [2.75, 3.05) is 0 Å².